The Morgan fingerprint density at radius 3 is 2.40 bits per heavy atom. The number of likely N-dealkylation sites (tertiary alicyclic amines) is 3. The lowest BCUT2D eigenvalue weighted by Crippen LogP contribution is -2.41. The second-order valence-electron chi connectivity index (χ2n) is 20.1. The van der Waals surface area contributed by atoms with Crippen LogP contribution in [-0.4, -0.2) is 116 Å². The van der Waals surface area contributed by atoms with Crippen LogP contribution >= 0.6 is 0 Å². The maximum atomic E-state index is 14.4. The Morgan fingerprint density at radius 2 is 1.67 bits per heavy atom. The summed E-state index contributed by atoms with van der Waals surface area (Å²) in [5.41, 5.74) is 8.17. The summed E-state index contributed by atoms with van der Waals surface area (Å²) in [5.74, 6) is 0.845. The van der Waals surface area contributed by atoms with Crippen LogP contribution in [0.3, 0.4) is 0 Å². The number of methoxy groups -OCH3 is 1. The highest BCUT2D eigenvalue weighted by atomic mass is 19.4. The predicted octanol–water partition coefficient (Wildman–Crippen LogP) is 9.83. The lowest BCUT2D eigenvalue weighted by atomic mass is 9.88. The van der Waals surface area contributed by atoms with Gasteiger partial charge in [0.25, 0.3) is 5.91 Å². The molecule has 368 valence electrons. The first kappa shape index (κ1) is 47.7. The summed E-state index contributed by atoms with van der Waals surface area (Å²) in [4.78, 5) is 57.2. The summed E-state index contributed by atoms with van der Waals surface area (Å²) in [6, 6.07) is 22.7. The Kier molecular flexibility index (Phi) is 13.6. The molecule has 4 fully saturated rings. The highest BCUT2D eigenvalue weighted by Crippen LogP contribution is 2.41. The number of ether oxygens (including phenoxy) is 1. The van der Waals surface area contributed by atoms with Crippen molar-refractivity contribution in [2.45, 2.75) is 95.0 Å². The predicted molar refractivity (Wildman–Crippen MR) is 264 cm³/mol. The van der Waals surface area contributed by atoms with Gasteiger partial charge in [-0.15, -0.1) is 0 Å². The molecule has 4 aliphatic rings. The molecule has 3 aromatic carbocycles. The van der Waals surface area contributed by atoms with E-state index in [1.807, 2.05) is 23.2 Å². The number of pyridine rings is 1. The van der Waals surface area contributed by atoms with Crippen LogP contribution in [0.4, 0.5) is 18.9 Å². The molecule has 7 heterocycles. The van der Waals surface area contributed by atoms with Gasteiger partial charge in [0.15, 0.2) is 6.04 Å². The normalized spacial score (nSPS) is 21.0. The number of hydrogen-bond acceptors (Lipinski definition) is 9. The molecule has 0 spiro atoms. The Balaban J connectivity index is 0.695. The highest BCUT2D eigenvalue weighted by Gasteiger charge is 2.42. The maximum absolute atomic E-state index is 14.4. The number of carbonyl (C=O) groups excluding carboxylic acids is 2. The van der Waals surface area contributed by atoms with Crippen molar-refractivity contribution in [1.29, 1.82) is 0 Å². The van der Waals surface area contributed by atoms with Crippen LogP contribution in [0.5, 0.6) is 0 Å². The number of amides is 2. The molecule has 0 radical (unpaired) electrons. The number of benzene rings is 3. The third-order valence-corrected chi connectivity index (χ3v) is 15.8. The van der Waals surface area contributed by atoms with Crippen molar-refractivity contribution in [2.24, 2.45) is 13.0 Å². The third-order valence-electron chi connectivity index (χ3n) is 15.8. The monoisotopic (exact) mass is 958 g/mol. The second kappa shape index (κ2) is 20.0. The van der Waals surface area contributed by atoms with Gasteiger partial charge in [-0.25, -0.2) is 14.8 Å². The van der Waals surface area contributed by atoms with Gasteiger partial charge in [-0.2, -0.15) is 13.2 Å². The van der Waals surface area contributed by atoms with Crippen LogP contribution in [0.15, 0.2) is 79.0 Å². The van der Waals surface area contributed by atoms with E-state index in [0.29, 0.717) is 61.2 Å². The van der Waals surface area contributed by atoms with E-state index >= 15 is 0 Å². The number of nitrogens with one attached hydrogen (secondary N) is 2. The second-order valence-corrected chi connectivity index (χ2v) is 20.1. The molecule has 4 aliphatic heterocycles. The number of rotatable bonds is 12. The van der Waals surface area contributed by atoms with Crippen molar-refractivity contribution in [1.82, 2.24) is 34.2 Å². The molecule has 13 nitrogen and oxygen atoms in total. The molecular weight excluding hydrogens is 896 g/mol. The van der Waals surface area contributed by atoms with Crippen LogP contribution in [0.1, 0.15) is 115 Å². The molecule has 2 amide bonds. The van der Waals surface area contributed by atoms with Gasteiger partial charge in [0.2, 0.25) is 6.54 Å². The fraction of sp³-hybridized carbons (Fsp3) is 0.481. The van der Waals surface area contributed by atoms with Gasteiger partial charge in [0.05, 0.1) is 21.4 Å². The molecule has 0 saturated carbocycles. The van der Waals surface area contributed by atoms with E-state index < -0.39 is 23.7 Å². The zero-order valence-electron chi connectivity index (χ0n) is 40.3. The largest absolute Gasteiger partial charge is 0.455 e. The number of imidazole rings is 1. The third kappa shape index (κ3) is 9.87. The lowest BCUT2D eigenvalue weighted by molar-refractivity contribution is -0.453. The number of halogens is 3. The average Bonchev–Trinajstić information content (AvgIpc) is 3.97. The van der Waals surface area contributed by atoms with E-state index in [4.69, 9.17) is 9.72 Å². The van der Waals surface area contributed by atoms with E-state index in [0.717, 1.165) is 109 Å². The molecule has 3 atom stereocenters. The Morgan fingerprint density at radius 1 is 0.900 bits per heavy atom. The molecule has 3 aromatic heterocycles. The van der Waals surface area contributed by atoms with Crippen molar-refractivity contribution in [3.8, 4) is 11.1 Å². The van der Waals surface area contributed by atoms with Crippen molar-refractivity contribution < 1.29 is 32.3 Å². The number of aryl methyl sites for hydroxylation is 1. The van der Waals surface area contributed by atoms with Crippen molar-refractivity contribution in [3.63, 3.8) is 0 Å². The van der Waals surface area contributed by atoms with E-state index in [1.54, 1.807) is 19.2 Å². The highest BCUT2D eigenvalue weighted by molar-refractivity contribution is 5.96. The van der Waals surface area contributed by atoms with Gasteiger partial charge in [0, 0.05) is 79.7 Å². The summed E-state index contributed by atoms with van der Waals surface area (Å²) in [6.07, 6.45) is 3.58. The SMILES string of the molecule is COCc1nc2ccc(-c3ccnc4c3cc([C@H](C)N3CCC(c5ccc(C(=O)N6CCC(CN7CCC[C@H](c8ccc(NC9CC[N+](=O)C9=O)cc8C(F)(F)F)CC7)CC6)cc5)CC3)n4C)cc2[nH]1. The zero-order valence-corrected chi connectivity index (χ0v) is 40.3. The fourth-order valence-electron chi connectivity index (χ4n) is 11.8. The number of anilines is 1. The molecule has 1 unspecified atom stereocenters. The zero-order chi connectivity index (χ0) is 48.7. The van der Waals surface area contributed by atoms with Gasteiger partial charge in [-0.05, 0) is 167 Å². The van der Waals surface area contributed by atoms with E-state index in [2.05, 4.69) is 86.1 Å². The standard InChI is InChI=1S/C54H63F3N9O4/c1-34(49-31-44-42(14-21-58-51(44)62(49)2)40-10-13-46-48(29-40)61-50(60-46)33-70-3)64-26-18-37(19-27-64)36-6-8-39(9-7-36)52(67)65-24-15-35(16-25-65)32-63-22-4-5-38(17-23-63)43-12-11-41(30-45(43)54(55,56)57)59-47-20-28-66(69)53(47)68/h6-14,21,29-31,34-35,37-38,47,59H,4-5,15-20,22-28,32-33H2,1-3H3,(H,60,61)/q+1/t34-,38-,47?/m0/s1. The van der Waals surface area contributed by atoms with Gasteiger partial charge in [-0.3, -0.25) is 9.69 Å². The Labute approximate surface area is 406 Å². The number of fused-ring (bicyclic) bond motifs is 2. The van der Waals surface area contributed by atoms with E-state index in [1.165, 1.54) is 11.3 Å². The van der Waals surface area contributed by atoms with Crippen LogP contribution in [0.25, 0.3) is 33.2 Å². The maximum Gasteiger partial charge on any atom is 0.455 e. The molecule has 0 bridgehead atoms. The molecule has 10 rings (SSSR count). The topological polar surface area (TPSA) is 132 Å². The first-order chi connectivity index (χ1) is 33.8. The van der Waals surface area contributed by atoms with Crippen LogP contribution < -0.4 is 5.32 Å². The fourth-order valence-corrected chi connectivity index (χ4v) is 11.8. The summed E-state index contributed by atoms with van der Waals surface area (Å²) in [5, 5.41) is 3.98. The number of aromatic amines is 1. The van der Waals surface area contributed by atoms with E-state index in [-0.39, 0.29) is 36.5 Å². The number of aromatic nitrogens is 4. The van der Waals surface area contributed by atoms with Gasteiger partial charge < -0.3 is 29.4 Å². The molecule has 2 N–H and O–H groups in total. The number of nitrogens with zero attached hydrogens (tertiary/aromatic N) is 7. The number of carbonyl (C=O) groups is 2. The summed E-state index contributed by atoms with van der Waals surface area (Å²) in [6.45, 7) is 8.53. The average molecular weight is 959 g/mol. The quantitative estimate of drug-likeness (QED) is 0.115. The molecule has 16 heteroatoms. The molecule has 4 saturated heterocycles. The minimum absolute atomic E-state index is 0.0351. The van der Waals surface area contributed by atoms with Crippen LogP contribution in [0, 0.1) is 10.8 Å². The van der Waals surface area contributed by atoms with Gasteiger partial charge >= 0.3 is 12.1 Å². The number of alkyl halides is 3. The minimum Gasteiger partial charge on any atom is -0.377 e. The number of piperidine rings is 2. The number of nitroso groups, excluding NO2 is 1. The molecule has 6 aromatic rings. The first-order valence-electron chi connectivity index (χ1n) is 25.1. The minimum atomic E-state index is -4.55. The van der Waals surface area contributed by atoms with Crippen molar-refractivity contribution in [2.75, 3.05) is 64.8 Å². The van der Waals surface area contributed by atoms with Crippen molar-refractivity contribution in [3.05, 3.63) is 118 Å². The Hall–Kier alpha value is -5.97. The lowest BCUT2D eigenvalue weighted by Gasteiger charge is -2.36. The van der Waals surface area contributed by atoms with Gasteiger partial charge in [-0.1, -0.05) is 24.3 Å². The first-order valence-corrected chi connectivity index (χ1v) is 25.1. The van der Waals surface area contributed by atoms with Crippen LogP contribution in [0.2, 0.25) is 0 Å². The molecule has 70 heavy (non-hydrogen) atoms. The number of H-pyrrole nitrogens is 1. The Bertz CT molecular complexity index is 2880. The molecule has 0 aliphatic carbocycles. The summed E-state index contributed by atoms with van der Waals surface area (Å²) < 4.78 is 51.1. The van der Waals surface area contributed by atoms with Crippen molar-refractivity contribution >= 4 is 39.6 Å². The van der Waals surface area contributed by atoms with E-state index in [9.17, 15) is 27.7 Å². The molecular formula is C54H63F3N9O4+. The number of hydrogen-bond donors (Lipinski definition) is 2. The summed E-state index contributed by atoms with van der Waals surface area (Å²) in [7, 11) is 3.78. The summed E-state index contributed by atoms with van der Waals surface area (Å²) >= 11 is 0. The smallest absolute Gasteiger partial charge is 0.377 e. The van der Waals surface area contributed by atoms with Crippen LogP contribution in [-0.2, 0) is 29.4 Å². The van der Waals surface area contributed by atoms with Gasteiger partial charge in [0.1, 0.15) is 18.1 Å².